The highest BCUT2D eigenvalue weighted by molar-refractivity contribution is 6.31. The van der Waals surface area contributed by atoms with Gasteiger partial charge in [0.15, 0.2) is 0 Å². The van der Waals surface area contributed by atoms with Crippen molar-refractivity contribution in [1.29, 1.82) is 0 Å². The van der Waals surface area contributed by atoms with Gasteiger partial charge in [0.1, 0.15) is 5.82 Å². The summed E-state index contributed by atoms with van der Waals surface area (Å²) >= 11 is 6.02. The molecule has 1 rings (SSSR count). The molecule has 2 nitrogen and oxygen atoms in total. The summed E-state index contributed by atoms with van der Waals surface area (Å²) in [6.07, 6.45) is -0.585. The van der Waals surface area contributed by atoms with Gasteiger partial charge in [0.05, 0.1) is 6.10 Å². The van der Waals surface area contributed by atoms with E-state index in [1.807, 2.05) is 20.8 Å². The number of aliphatic hydroxyl groups excluding tert-OH is 1. The zero-order valence-electron chi connectivity index (χ0n) is 11.0. The molecule has 0 spiro atoms. The second kappa shape index (κ2) is 6.50. The lowest BCUT2D eigenvalue weighted by molar-refractivity contribution is 0.0684. The van der Waals surface area contributed by atoms with Crippen molar-refractivity contribution < 1.29 is 9.50 Å². The standard InChI is InChI=1S/C14H21ClFNO/c1-8(2)9(3)14(18)12(7-17)11-5-4-10(16)6-13(11)15/h4-6,8-9,12,14,18H,7,17H2,1-3H3. The van der Waals surface area contributed by atoms with Crippen LogP contribution in [0.1, 0.15) is 32.3 Å². The van der Waals surface area contributed by atoms with Crippen LogP contribution < -0.4 is 5.73 Å². The van der Waals surface area contributed by atoms with Crippen LogP contribution in [-0.2, 0) is 0 Å². The fraction of sp³-hybridized carbons (Fsp3) is 0.571. The molecule has 0 radical (unpaired) electrons. The Labute approximate surface area is 113 Å². The third kappa shape index (κ3) is 3.44. The Morgan fingerprint density at radius 3 is 2.39 bits per heavy atom. The van der Waals surface area contributed by atoms with E-state index in [-0.39, 0.29) is 24.2 Å². The summed E-state index contributed by atoms with van der Waals surface area (Å²) in [7, 11) is 0. The van der Waals surface area contributed by atoms with E-state index < -0.39 is 6.10 Å². The molecule has 0 aliphatic carbocycles. The molecule has 0 saturated heterocycles. The highest BCUT2D eigenvalue weighted by atomic mass is 35.5. The number of hydrogen-bond donors (Lipinski definition) is 2. The Bertz CT molecular complexity index is 397. The van der Waals surface area contributed by atoms with Gasteiger partial charge < -0.3 is 10.8 Å². The minimum absolute atomic E-state index is 0.0969. The van der Waals surface area contributed by atoms with Gasteiger partial charge in [-0.05, 0) is 29.5 Å². The van der Waals surface area contributed by atoms with Gasteiger partial charge in [-0.15, -0.1) is 0 Å². The summed E-state index contributed by atoms with van der Waals surface area (Å²) in [5, 5.41) is 10.7. The van der Waals surface area contributed by atoms with Crippen LogP contribution in [0.2, 0.25) is 5.02 Å². The lowest BCUT2D eigenvalue weighted by atomic mass is 9.81. The normalized spacial score (nSPS) is 16.7. The maximum atomic E-state index is 13.0. The third-order valence-corrected chi connectivity index (χ3v) is 3.95. The van der Waals surface area contributed by atoms with Crippen LogP contribution in [-0.4, -0.2) is 17.8 Å². The van der Waals surface area contributed by atoms with Crippen LogP contribution in [0.25, 0.3) is 0 Å². The molecule has 0 fully saturated rings. The van der Waals surface area contributed by atoms with Crippen molar-refractivity contribution in [3.05, 3.63) is 34.6 Å². The van der Waals surface area contributed by atoms with Crippen LogP contribution >= 0.6 is 11.6 Å². The van der Waals surface area contributed by atoms with Crippen molar-refractivity contribution in [1.82, 2.24) is 0 Å². The average molecular weight is 274 g/mol. The number of nitrogens with two attached hydrogens (primary N) is 1. The zero-order chi connectivity index (χ0) is 13.9. The molecule has 0 bridgehead atoms. The average Bonchev–Trinajstić information content (AvgIpc) is 2.31. The number of hydrogen-bond acceptors (Lipinski definition) is 2. The summed E-state index contributed by atoms with van der Waals surface area (Å²) in [4.78, 5) is 0. The summed E-state index contributed by atoms with van der Waals surface area (Å²) in [5.41, 5.74) is 6.45. The Kier molecular flexibility index (Phi) is 5.57. The molecule has 0 heterocycles. The summed E-state index contributed by atoms with van der Waals surface area (Å²) in [5.74, 6) is -0.214. The molecule has 0 amide bonds. The Morgan fingerprint density at radius 1 is 1.33 bits per heavy atom. The Hall–Kier alpha value is -0.640. The molecule has 0 aliphatic heterocycles. The molecule has 3 unspecified atom stereocenters. The molecule has 0 aromatic heterocycles. The van der Waals surface area contributed by atoms with Crippen molar-refractivity contribution in [3.8, 4) is 0 Å². The zero-order valence-corrected chi connectivity index (χ0v) is 11.8. The van der Waals surface area contributed by atoms with Crippen LogP contribution in [0.3, 0.4) is 0 Å². The fourth-order valence-electron chi connectivity index (χ4n) is 2.01. The van der Waals surface area contributed by atoms with Crippen molar-refractivity contribution in [2.24, 2.45) is 17.6 Å². The van der Waals surface area contributed by atoms with E-state index in [1.165, 1.54) is 12.1 Å². The van der Waals surface area contributed by atoms with Gasteiger partial charge >= 0.3 is 0 Å². The van der Waals surface area contributed by atoms with Gasteiger partial charge in [-0.1, -0.05) is 38.4 Å². The topological polar surface area (TPSA) is 46.2 Å². The van der Waals surface area contributed by atoms with Crippen LogP contribution in [0, 0.1) is 17.7 Å². The van der Waals surface area contributed by atoms with Crippen LogP contribution in [0.5, 0.6) is 0 Å². The highest BCUT2D eigenvalue weighted by Gasteiger charge is 2.28. The maximum Gasteiger partial charge on any atom is 0.124 e. The highest BCUT2D eigenvalue weighted by Crippen LogP contribution is 2.32. The monoisotopic (exact) mass is 273 g/mol. The second-order valence-corrected chi connectivity index (χ2v) is 5.51. The smallest absolute Gasteiger partial charge is 0.124 e. The Morgan fingerprint density at radius 2 is 1.94 bits per heavy atom. The van der Waals surface area contributed by atoms with E-state index in [0.29, 0.717) is 16.5 Å². The van der Waals surface area contributed by atoms with Crippen molar-refractivity contribution in [2.45, 2.75) is 32.8 Å². The van der Waals surface area contributed by atoms with Gasteiger partial charge in [0, 0.05) is 17.5 Å². The summed E-state index contributed by atoms with van der Waals surface area (Å²) in [6, 6.07) is 4.20. The molecular weight excluding hydrogens is 253 g/mol. The SMILES string of the molecule is CC(C)C(C)C(O)C(CN)c1ccc(F)cc1Cl. The second-order valence-electron chi connectivity index (χ2n) is 5.10. The quantitative estimate of drug-likeness (QED) is 0.866. The van der Waals surface area contributed by atoms with E-state index >= 15 is 0 Å². The molecule has 0 saturated carbocycles. The Balaban J connectivity index is 3.02. The molecular formula is C14H21ClFNO. The molecule has 1 aromatic rings. The van der Waals surface area contributed by atoms with Crippen LogP contribution in [0.4, 0.5) is 4.39 Å². The van der Waals surface area contributed by atoms with Gasteiger partial charge in [-0.3, -0.25) is 0 Å². The maximum absolute atomic E-state index is 13.0. The minimum Gasteiger partial charge on any atom is -0.392 e. The van der Waals surface area contributed by atoms with Gasteiger partial charge in [0.25, 0.3) is 0 Å². The van der Waals surface area contributed by atoms with E-state index in [9.17, 15) is 9.50 Å². The lowest BCUT2D eigenvalue weighted by Gasteiger charge is -2.30. The lowest BCUT2D eigenvalue weighted by Crippen LogP contribution is -2.33. The minimum atomic E-state index is -0.585. The fourth-order valence-corrected chi connectivity index (χ4v) is 2.32. The predicted molar refractivity (Wildman–Crippen MR) is 73.2 cm³/mol. The first kappa shape index (κ1) is 15.4. The van der Waals surface area contributed by atoms with Crippen molar-refractivity contribution in [3.63, 3.8) is 0 Å². The van der Waals surface area contributed by atoms with Gasteiger partial charge in [-0.25, -0.2) is 4.39 Å². The molecule has 4 heteroatoms. The number of rotatable bonds is 5. The predicted octanol–water partition coefficient (Wildman–Crippen LogP) is 3.17. The first-order valence-electron chi connectivity index (χ1n) is 6.21. The van der Waals surface area contributed by atoms with Crippen molar-refractivity contribution in [2.75, 3.05) is 6.54 Å². The van der Waals surface area contributed by atoms with Gasteiger partial charge in [-0.2, -0.15) is 0 Å². The molecule has 0 aliphatic rings. The van der Waals surface area contributed by atoms with E-state index in [1.54, 1.807) is 6.07 Å². The largest absolute Gasteiger partial charge is 0.392 e. The summed E-state index contributed by atoms with van der Waals surface area (Å²) < 4.78 is 13.0. The van der Waals surface area contributed by atoms with E-state index in [0.717, 1.165) is 0 Å². The van der Waals surface area contributed by atoms with Crippen molar-refractivity contribution >= 4 is 11.6 Å². The molecule has 3 N–H and O–H groups in total. The molecule has 102 valence electrons. The molecule has 18 heavy (non-hydrogen) atoms. The number of halogens is 2. The molecule has 1 aromatic carbocycles. The van der Waals surface area contributed by atoms with E-state index in [2.05, 4.69) is 0 Å². The first-order chi connectivity index (χ1) is 8.38. The molecule has 3 atom stereocenters. The number of benzene rings is 1. The van der Waals surface area contributed by atoms with Gasteiger partial charge in [0.2, 0.25) is 0 Å². The van der Waals surface area contributed by atoms with E-state index in [4.69, 9.17) is 17.3 Å². The first-order valence-corrected chi connectivity index (χ1v) is 6.59. The summed E-state index contributed by atoms with van der Waals surface area (Å²) in [6.45, 7) is 6.36. The number of aliphatic hydroxyl groups is 1. The third-order valence-electron chi connectivity index (χ3n) is 3.62. The van der Waals surface area contributed by atoms with Crippen LogP contribution in [0.15, 0.2) is 18.2 Å².